The number of carbonyl (C=O) groups excluding carboxylic acids is 2. The molecule has 0 atom stereocenters. The van der Waals surface area contributed by atoms with Gasteiger partial charge in [-0.3, -0.25) is 35.0 Å². The molecule has 0 saturated carbocycles. The predicted octanol–water partition coefficient (Wildman–Crippen LogP) is 0.582. The maximum absolute atomic E-state index is 12.5. The number of amides is 2. The minimum atomic E-state index is -0.592. The highest BCUT2D eigenvalue weighted by Gasteiger charge is 2.18. The van der Waals surface area contributed by atoms with Crippen molar-refractivity contribution in [2.24, 2.45) is 7.05 Å². The van der Waals surface area contributed by atoms with Crippen molar-refractivity contribution in [3.63, 3.8) is 0 Å². The first-order valence-corrected chi connectivity index (χ1v) is 8.17. The Morgan fingerprint density at radius 1 is 1.22 bits per heavy atom. The molecule has 0 radical (unpaired) electrons. The molecule has 3 rings (SSSR count). The number of rotatable bonds is 4. The third kappa shape index (κ3) is 3.81. The monoisotopic (exact) mass is 369 g/mol. The van der Waals surface area contributed by atoms with Crippen LogP contribution < -0.4 is 21.1 Å². The predicted molar refractivity (Wildman–Crippen MR) is 98.4 cm³/mol. The fourth-order valence-electron chi connectivity index (χ4n) is 2.73. The van der Waals surface area contributed by atoms with Crippen LogP contribution in [0, 0.1) is 6.92 Å². The highest BCUT2D eigenvalue weighted by atomic mass is 16.5. The van der Waals surface area contributed by atoms with Crippen molar-refractivity contribution in [1.29, 1.82) is 0 Å². The van der Waals surface area contributed by atoms with Crippen LogP contribution in [0.2, 0.25) is 0 Å². The molecule has 9 nitrogen and oxygen atoms in total. The average Bonchev–Trinajstić information content (AvgIpc) is 2.93. The summed E-state index contributed by atoms with van der Waals surface area (Å²) in [5.41, 5.74) is 6.14. The number of hydrogen-bond acceptors (Lipinski definition) is 5. The molecule has 0 saturated heterocycles. The van der Waals surface area contributed by atoms with Crippen LogP contribution in [0.25, 0.3) is 11.0 Å². The normalized spacial score (nSPS) is 10.6. The Hall–Kier alpha value is -3.62. The summed E-state index contributed by atoms with van der Waals surface area (Å²) in [6, 6.07) is 8.53. The van der Waals surface area contributed by atoms with Gasteiger partial charge in [-0.15, -0.1) is 0 Å². The van der Waals surface area contributed by atoms with Gasteiger partial charge in [0.2, 0.25) is 5.91 Å². The lowest BCUT2D eigenvalue weighted by Crippen LogP contribution is -2.42. The summed E-state index contributed by atoms with van der Waals surface area (Å²) in [5.74, 6) is -0.291. The number of benzene rings is 1. The molecule has 1 aromatic carbocycles. The number of aromatic amines is 1. The lowest BCUT2D eigenvalue weighted by Gasteiger charge is -2.09. The van der Waals surface area contributed by atoms with Gasteiger partial charge >= 0.3 is 0 Å². The maximum Gasteiger partial charge on any atom is 0.274 e. The minimum Gasteiger partial charge on any atom is -0.497 e. The summed E-state index contributed by atoms with van der Waals surface area (Å²) in [4.78, 5) is 40.9. The number of carbonyl (C=O) groups is 2. The third-order valence-corrected chi connectivity index (χ3v) is 4.03. The summed E-state index contributed by atoms with van der Waals surface area (Å²) in [6.45, 7) is 1.72. The molecule has 3 aromatic rings. The van der Waals surface area contributed by atoms with Gasteiger partial charge in [-0.05, 0) is 30.7 Å². The Labute approximate surface area is 154 Å². The van der Waals surface area contributed by atoms with E-state index in [4.69, 9.17) is 4.74 Å². The first-order valence-electron chi connectivity index (χ1n) is 8.17. The second kappa shape index (κ2) is 7.32. The molecule has 0 spiro atoms. The Bertz CT molecular complexity index is 1070. The summed E-state index contributed by atoms with van der Waals surface area (Å²) in [7, 11) is 3.20. The Morgan fingerprint density at radius 3 is 2.59 bits per heavy atom. The number of aromatic nitrogens is 3. The van der Waals surface area contributed by atoms with Crippen molar-refractivity contribution in [2.45, 2.75) is 13.3 Å². The minimum absolute atomic E-state index is 0.0843. The molecule has 9 heteroatoms. The second-order valence-electron chi connectivity index (χ2n) is 6.04. The van der Waals surface area contributed by atoms with Crippen molar-refractivity contribution < 1.29 is 14.3 Å². The highest BCUT2D eigenvalue weighted by Crippen LogP contribution is 2.14. The van der Waals surface area contributed by atoms with Crippen LogP contribution >= 0.6 is 0 Å². The van der Waals surface area contributed by atoms with Crippen LogP contribution in [0.1, 0.15) is 21.6 Å². The van der Waals surface area contributed by atoms with Crippen molar-refractivity contribution in [1.82, 2.24) is 25.6 Å². The molecule has 2 amide bonds. The smallest absolute Gasteiger partial charge is 0.274 e. The molecule has 0 fully saturated rings. The summed E-state index contributed by atoms with van der Waals surface area (Å²) < 4.78 is 6.51. The number of fused-ring (bicyclic) bond motifs is 1. The number of methoxy groups -OCH3 is 1. The fourth-order valence-corrected chi connectivity index (χ4v) is 2.73. The molecule has 27 heavy (non-hydrogen) atoms. The SMILES string of the molecule is COc1ccc(CC(=O)NNC(=O)c2cc(C)nc3c2c(=O)[nH]n3C)cc1. The number of hydrogen-bond donors (Lipinski definition) is 3. The van der Waals surface area contributed by atoms with E-state index in [1.165, 1.54) is 10.7 Å². The van der Waals surface area contributed by atoms with Crippen LogP contribution in [0.15, 0.2) is 35.1 Å². The molecule has 0 unspecified atom stereocenters. The number of nitrogens with zero attached hydrogens (tertiary/aromatic N) is 2. The summed E-state index contributed by atoms with van der Waals surface area (Å²) in [6.07, 6.45) is 0.0843. The van der Waals surface area contributed by atoms with Crippen molar-refractivity contribution in [3.05, 3.63) is 57.5 Å². The second-order valence-corrected chi connectivity index (χ2v) is 6.04. The van der Waals surface area contributed by atoms with E-state index in [-0.39, 0.29) is 17.4 Å². The van der Waals surface area contributed by atoms with Crippen molar-refractivity contribution in [3.8, 4) is 5.75 Å². The lowest BCUT2D eigenvalue weighted by molar-refractivity contribution is -0.121. The van der Waals surface area contributed by atoms with E-state index >= 15 is 0 Å². The molecule has 3 N–H and O–H groups in total. The van der Waals surface area contributed by atoms with E-state index in [9.17, 15) is 14.4 Å². The standard InChI is InChI=1S/C18H19N5O4/c1-10-8-13(15-16(19-10)23(2)22-18(15)26)17(25)21-20-14(24)9-11-4-6-12(27-3)7-5-11/h4-8H,9H2,1-3H3,(H,20,24)(H,21,25)(H,22,26). The lowest BCUT2D eigenvalue weighted by atomic mass is 10.1. The van der Waals surface area contributed by atoms with Gasteiger partial charge in [-0.1, -0.05) is 12.1 Å². The molecule has 0 aliphatic heterocycles. The molecule has 2 heterocycles. The zero-order valence-corrected chi connectivity index (χ0v) is 15.1. The largest absolute Gasteiger partial charge is 0.497 e. The first-order chi connectivity index (χ1) is 12.9. The van der Waals surface area contributed by atoms with Gasteiger partial charge in [0.05, 0.1) is 24.5 Å². The number of ether oxygens (including phenoxy) is 1. The third-order valence-electron chi connectivity index (χ3n) is 4.03. The molecule has 140 valence electrons. The molecule has 2 aromatic heterocycles. The van der Waals surface area contributed by atoms with E-state index in [0.717, 1.165) is 5.56 Å². The van der Waals surface area contributed by atoms with Gasteiger partial charge in [0, 0.05) is 12.7 Å². The molecule has 0 bridgehead atoms. The van der Waals surface area contributed by atoms with Crippen LogP contribution in [-0.2, 0) is 18.3 Å². The van der Waals surface area contributed by atoms with Crippen LogP contribution in [-0.4, -0.2) is 33.7 Å². The maximum atomic E-state index is 12.5. The van der Waals surface area contributed by atoms with E-state index in [0.29, 0.717) is 17.1 Å². The van der Waals surface area contributed by atoms with E-state index in [1.54, 1.807) is 45.3 Å². The van der Waals surface area contributed by atoms with Crippen LogP contribution in [0.5, 0.6) is 5.75 Å². The molecule has 0 aliphatic rings. The number of pyridine rings is 1. The number of aryl methyl sites for hydroxylation is 2. The van der Waals surface area contributed by atoms with E-state index in [2.05, 4.69) is 20.9 Å². The van der Waals surface area contributed by atoms with Gasteiger partial charge in [0.25, 0.3) is 11.5 Å². The summed E-state index contributed by atoms with van der Waals surface area (Å²) >= 11 is 0. The van der Waals surface area contributed by atoms with Crippen molar-refractivity contribution >= 4 is 22.8 Å². The number of hydrazine groups is 1. The van der Waals surface area contributed by atoms with Crippen molar-refractivity contribution in [2.75, 3.05) is 7.11 Å². The first kappa shape index (κ1) is 18.2. The zero-order chi connectivity index (χ0) is 19.6. The fraction of sp³-hybridized carbons (Fsp3) is 0.222. The number of H-pyrrole nitrogens is 1. The molecular weight excluding hydrogens is 350 g/mol. The molecular formula is C18H19N5O4. The van der Waals surface area contributed by atoms with Gasteiger partial charge < -0.3 is 4.74 Å². The Balaban J connectivity index is 1.71. The number of nitrogens with one attached hydrogen (secondary N) is 3. The molecule has 0 aliphatic carbocycles. The summed E-state index contributed by atoms with van der Waals surface area (Å²) in [5, 5.41) is 2.74. The van der Waals surface area contributed by atoms with Gasteiger partial charge in [0.1, 0.15) is 5.75 Å². The Kier molecular flexibility index (Phi) is 4.93. The zero-order valence-electron chi connectivity index (χ0n) is 15.1. The Morgan fingerprint density at radius 2 is 1.93 bits per heavy atom. The average molecular weight is 369 g/mol. The van der Waals surface area contributed by atoms with Gasteiger partial charge in [-0.25, -0.2) is 4.98 Å². The topological polar surface area (TPSA) is 118 Å². The van der Waals surface area contributed by atoms with Gasteiger partial charge in [-0.2, -0.15) is 0 Å². The van der Waals surface area contributed by atoms with Gasteiger partial charge in [0.15, 0.2) is 5.65 Å². The quantitative estimate of drug-likeness (QED) is 0.582. The van der Waals surface area contributed by atoms with Crippen LogP contribution in [0.4, 0.5) is 0 Å². The van der Waals surface area contributed by atoms with Crippen LogP contribution in [0.3, 0.4) is 0 Å². The van der Waals surface area contributed by atoms with E-state index in [1.807, 2.05) is 0 Å². The van der Waals surface area contributed by atoms with E-state index < -0.39 is 17.4 Å². The highest BCUT2D eigenvalue weighted by molar-refractivity contribution is 6.05.